The number of rotatable bonds is 7. The first-order chi connectivity index (χ1) is 16.7. The lowest BCUT2D eigenvalue weighted by molar-refractivity contribution is 0.102. The van der Waals surface area contributed by atoms with Gasteiger partial charge in [-0.25, -0.2) is 8.78 Å². The molecule has 0 aliphatic rings. The Balaban J connectivity index is 0.000000360. The van der Waals surface area contributed by atoms with Crippen LogP contribution in [-0.2, 0) is 0 Å². The molecule has 0 amide bonds. The summed E-state index contributed by atoms with van der Waals surface area (Å²) in [5.41, 5.74) is 0.589. The number of ketones is 1. The van der Waals surface area contributed by atoms with E-state index in [-0.39, 0.29) is 11.3 Å². The third-order valence-corrected chi connectivity index (χ3v) is 6.55. The van der Waals surface area contributed by atoms with Gasteiger partial charge >= 0.3 is 0 Å². The van der Waals surface area contributed by atoms with E-state index in [0.717, 1.165) is 18.2 Å². The SMILES string of the molecule is CCCSNc1ccc(F)c(C(=O)c2c[nH][nH]cc(Br)cc2C)c1F.O=Cc1c(Cl)cccc1Cl. The summed E-state index contributed by atoms with van der Waals surface area (Å²) >= 11 is 15.8. The highest BCUT2D eigenvalue weighted by Gasteiger charge is 2.23. The highest BCUT2D eigenvalue weighted by atomic mass is 79.9. The van der Waals surface area contributed by atoms with Crippen LogP contribution < -0.4 is 4.72 Å². The van der Waals surface area contributed by atoms with Crippen LogP contribution in [0.25, 0.3) is 0 Å². The van der Waals surface area contributed by atoms with E-state index in [0.29, 0.717) is 31.9 Å². The zero-order valence-electron chi connectivity index (χ0n) is 18.7. The van der Waals surface area contributed by atoms with E-state index in [4.69, 9.17) is 23.2 Å². The zero-order valence-corrected chi connectivity index (χ0v) is 22.6. The van der Waals surface area contributed by atoms with Gasteiger partial charge in [0.15, 0.2) is 12.1 Å². The molecule has 0 unspecified atom stereocenters. The molecule has 1 aromatic heterocycles. The second-order valence-electron chi connectivity index (χ2n) is 7.02. The molecule has 0 saturated carbocycles. The summed E-state index contributed by atoms with van der Waals surface area (Å²) in [6.45, 7) is 3.69. The molecule has 0 fully saturated rings. The molecule has 0 bridgehead atoms. The van der Waals surface area contributed by atoms with Crippen molar-refractivity contribution in [3.05, 3.63) is 97.2 Å². The van der Waals surface area contributed by atoms with E-state index in [1.54, 1.807) is 37.4 Å². The number of halogens is 5. The molecule has 5 nitrogen and oxygen atoms in total. The number of nitrogens with one attached hydrogen (secondary N) is 3. The summed E-state index contributed by atoms with van der Waals surface area (Å²) in [5.74, 6) is -1.76. The molecule has 0 saturated heterocycles. The van der Waals surface area contributed by atoms with Crippen LogP contribution in [0.2, 0.25) is 10.0 Å². The minimum absolute atomic E-state index is 0.0865. The van der Waals surface area contributed by atoms with Crippen molar-refractivity contribution in [1.82, 2.24) is 10.2 Å². The molecule has 3 rings (SSSR count). The van der Waals surface area contributed by atoms with Gasteiger partial charge in [0.2, 0.25) is 5.78 Å². The molecule has 3 aromatic rings. The van der Waals surface area contributed by atoms with Crippen LogP contribution in [0.4, 0.5) is 14.5 Å². The minimum Gasteiger partial charge on any atom is -0.327 e. The van der Waals surface area contributed by atoms with E-state index >= 15 is 0 Å². The Kier molecular flexibility index (Phi) is 11.8. The Hall–Kier alpha value is -2.33. The van der Waals surface area contributed by atoms with Crippen LogP contribution >= 0.6 is 51.1 Å². The molecule has 3 N–H and O–H groups in total. The van der Waals surface area contributed by atoms with Gasteiger partial charge in [0, 0.05) is 28.2 Å². The molecular weight excluding hydrogens is 583 g/mol. The molecule has 186 valence electrons. The third-order valence-electron chi connectivity index (χ3n) is 4.46. The predicted octanol–water partition coefficient (Wildman–Crippen LogP) is 8.32. The van der Waals surface area contributed by atoms with Gasteiger partial charge in [-0.1, -0.05) is 48.1 Å². The Morgan fingerprint density at radius 3 is 2.40 bits per heavy atom. The number of hydrogen-bond acceptors (Lipinski definition) is 4. The predicted molar refractivity (Wildman–Crippen MR) is 143 cm³/mol. The van der Waals surface area contributed by atoms with E-state index in [9.17, 15) is 18.4 Å². The van der Waals surface area contributed by atoms with Gasteiger partial charge in [0.25, 0.3) is 0 Å². The van der Waals surface area contributed by atoms with E-state index < -0.39 is 23.0 Å². The monoisotopic (exact) mass is 603 g/mol. The highest BCUT2D eigenvalue weighted by Crippen LogP contribution is 2.26. The first-order valence-corrected chi connectivity index (χ1v) is 12.8. The van der Waals surface area contributed by atoms with Crippen molar-refractivity contribution >= 4 is 68.8 Å². The molecule has 0 aliphatic heterocycles. The Bertz CT molecular complexity index is 1230. The van der Waals surface area contributed by atoms with Crippen molar-refractivity contribution in [2.75, 3.05) is 10.5 Å². The van der Waals surface area contributed by atoms with Gasteiger partial charge in [-0.3, -0.25) is 9.59 Å². The van der Waals surface area contributed by atoms with Gasteiger partial charge in [-0.05, 0) is 65.2 Å². The molecule has 0 radical (unpaired) electrons. The van der Waals surface area contributed by atoms with Gasteiger partial charge in [0.05, 0.1) is 26.9 Å². The average Bonchev–Trinajstić information content (AvgIpc) is 2.80. The second-order valence-corrected chi connectivity index (χ2v) is 9.65. The summed E-state index contributed by atoms with van der Waals surface area (Å²) in [5, 5.41) is 6.22. The van der Waals surface area contributed by atoms with Gasteiger partial charge in [-0.15, -0.1) is 0 Å². The highest BCUT2D eigenvalue weighted by molar-refractivity contribution is 9.10. The first kappa shape index (κ1) is 28.9. The molecule has 2 aromatic carbocycles. The largest absolute Gasteiger partial charge is 0.327 e. The van der Waals surface area contributed by atoms with Crippen LogP contribution in [0.5, 0.6) is 0 Å². The molecule has 35 heavy (non-hydrogen) atoms. The van der Waals surface area contributed by atoms with Crippen molar-refractivity contribution in [2.45, 2.75) is 20.3 Å². The fraction of sp³-hybridized carbons (Fsp3) is 0.167. The Morgan fingerprint density at radius 1 is 1.14 bits per heavy atom. The van der Waals surface area contributed by atoms with Crippen molar-refractivity contribution in [3.63, 3.8) is 0 Å². The number of aldehydes is 1. The van der Waals surface area contributed by atoms with Crippen LogP contribution in [0, 0.1) is 18.6 Å². The van der Waals surface area contributed by atoms with E-state index in [2.05, 4.69) is 30.8 Å². The van der Waals surface area contributed by atoms with Crippen LogP contribution in [0.3, 0.4) is 0 Å². The summed E-state index contributed by atoms with van der Waals surface area (Å²) in [6.07, 6.45) is 4.57. The van der Waals surface area contributed by atoms with Gasteiger partial charge in [-0.2, -0.15) is 0 Å². The van der Waals surface area contributed by atoms with Crippen LogP contribution in [0.15, 0.2) is 53.3 Å². The maximum absolute atomic E-state index is 14.7. The quantitative estimate of drug-likeness (QED) is 0.110. The smallest absolute Gasteiger partial charge is 0.200 e. The van der Waals surface area contributed by atoms with Crippen molar-refractivity contribution in [2.24, 2.45) is 0 Å². The number of carbonyl (C=O) groups is 2. The third kappa shape index (κ3) is 8.10. The normalized spacial score (nSPS) is 10.1. The number of aromatic amines is 2. The lowest BCUT2D eigenvalue weighted by Gasteiger charge is -2.11. The van der Waals surface area contributed by atoms with Crippen LogP contribution in [-0.4, -0.2) is 28.0 Å². The average molecular weight is 605 g/mol. The molecule has 1 heterocycles. The summed E-state index contributed by atoms with van der Waals surface area (Å²) < 4.78 is 32.4. The first-order valence-electron chi connectivity index (χ1n) is 10.3. The zero-order chi connectivity index (χ0) is 26.0. The van der Waals surface area contributed by atoms with Crippen LogP contribution in [0.1, 0.15) is 45.2 Å². The fourth-order valence-electron chi connectivity index (χ4n) is 2.74. The Labute approximate surface area is 224 Å². The Morgan fingerprint density at radius 2 is 1.80 bits per heavy atom. The van der Waals surface area contributed by atoms with E-state index in [1.807, 2.05) is 6.92 Å². The molecular formula is C24H22BrCl2F2N3O2S. The van der Waals surface area contributed by atoms with Crippen molar-refractivity contribution in [1.29, 1.82) is 0 Å². The fourth-order valence-corrected chi connectivity index (χ4v) is 4.30. The van der Waals surface area contributed by atoms with Crippen molar-refractivity contribution in [3.8, 4) is 0 Å². The van der Waals surface area contributed by atoms with Crippen molar-refractivity contribution < 1.29 is 18.4 Å². The number of hydrogen-bond donors (Lipinski definition) is 3. The maximum Gasteiger partial charge on any atom is 0.200 e. The summed E-state index contributed by atoms with van der Waals surface area (Å²) in [7, 11) is 0. The molecule has 0 spiro atoms. The second kappa shape index (κ2) is 14.3. The summed E-state index contributed by atoms with van der Waals surface area (Å²) in [4.78, 5) is 23.1. The number of aromatic nitrogens is 2. The van der Waals surface area contributed by atoms with Gasteiger partial charge < -0.3 is 14.9 Å². The molecule has 0 atom stereocenters. The number of H-pyrrole nitrogens is 2. The standard InChI is InChI=1S/C17H18BrF2N3OS.C7H4Cl2O/c1-3-6-25-23-14-5-4-13(19)15(16(14)20)17(24)12-9-22-21-8-11(18)7-10(12)2;8-6-2-1-3-7(9)5(6)4-10/h4-5,7-9,21-23H,3,6H2,1-2H3;1-4H. The number of aryl methyl sites for hydroxylation is 1. The minimum atomic E-state index is -0.896. The number of carbonyl (C=O) groups excluding carboxylic acids is 2. The lowest BCUT2D eigenvalue weighted by atomic mass is 10.00. The van der Waals surface area contributed by atoms with Gasteiger partial charge in [0.1, 0.15) is 5.82 Å². The number of anilines is 1. The number of benzene rings is 2. The van der Waals surface area contributed by atoms with E-state index in [1.165, 1.54) is 24.2 Å². The summed E-state index contributed by atoms with van der Waals surface area (Å²) in [6, 6.07) is 9.01. The lowest BCUT2D eigenvalue weighted by Crippen LogP contribution is -2.11. The molecule has 11 heteroatoms. The maximum atomic E-state index is 14.7. The topological polar surface area (TPSA) is 77.8 Å². The molecule has 0 aliphatic carbocycles.